The van der Waals surface area contributed by atoms with E-state index in [4.69, 9.17) is 22.1 Å². The van der Waals surface area contributed by atoms with E-state index in [2.05, 4.69) is 20.6 Å². The number of carbonyl (C=O) groups excluding carboxylic acids is 2. The Morgan fingerprint density at radius 3 is 2.78 bits per heavy atom. The molecule has 0 saturated carbocycles. The van der Waals surface area contributed by atoms with Crippen molar-refractivity contribution in [3.05, 3.63) is 75.9 Å². The van der Waals surface area contributed by atoms with E-state index in [0.717, 1.165) is 29.5 Å². The van der Waals surface area contributed by atoms with Gasteiger partial charge in [0.15, 0.2) is 0 Å². The van der Waals surface area contributed by atoms with Crippen molar-refractivity contribution in [2.24, 2.45) is 5.73 Å². The van der Waals surface area contributed by atoms with E-state index >= 15 is 0 Å². The van der Waals surface area contributed by atoms with E-state index < -0.39 is 12.1 Å². The third-order valence-corrected chi connectivity index (χ3v) is 8.40. The number of aromatic nitrogens is 2. The molecule has 214 valence electrons. The van der Waals surface area contributed by atoms with Crippen LogP contribution in [0.1, 0.15) is 58.4 Å². The van der Waals surface area contributed by atoms with E-state index in [1.807, 2.05) is 36.4 Å². The van der Waals surface area contributed by atoms with Gasteiger partial charge < -0.3 is 31.1 Å². The van der Waals surface area contributed by atoms with Gasteiger partial charge in [0.25, 0.3) is 5.91 Å². The fourth-order valence-corrected chi connectivity index (χ4v) is 6.28. The summed E-state index contributed by atoms with van der Waals surface area (Å²) < 4.78 is 5.43. The smallest absolute Gasteiger partial charge is 0.255 e. The average molecular weight is 577 g/mol. The Hall–Kier alpha value is -3.57. The van der Waals surface area contributed by atoms with Gasteiger partial charge in [-0.05, 0) is 48.6 Å². The number of aliphatic hydroxyl groups is 1. The molecule has 0 radical (unpaired) electrons. The summed E-state index contributed by atoms with van der Waals surface area (Å²) in [6, 6.07) is 12.6. The lowest BCUT2D eigenvalue weighted by Crippen LogP contribution is -2.42. The first kappa shape index (κ1) is 27.6. The third-order valence-electron chi connectivity index (χ3n) is 8.13. The van der Waals surface area contributed by atoms with Crippen LogP contribution >= 0.6 is 11.6 Å². The number of aliphatic hydroxyl groups excluding tert-OH is 1. The van der Waals surface area contributed by atoms with E-state index in [1.165, 1.54) is 0 Å². The van der Waals surface area contributed by atoms with Crippen LogP contribution in [0.4, 0.5) is 5.95 Å². The van der Waals surface area contributed by atoms with Gasteiger partial charge in [0.1, 0.15) is 6.54 Å². The molecule has 41 heavy (non-hydrogen) atoms. The normalized spacial score (nSPS) is 22.0. The number of rotatable bonds is 8. The van der Waals surface area contributed by atoms with E-state index in [1.54, 1.807) is 17.2 Å². The van der Waals surface area contributed by atoms with E-state index in [-0.39, 0.29) is 30.4 Å². The second-order valence-electron chi connectivity index (χ2n) is 10.8. The van der Waals surface area contributed by atoms with E-state index in [9.17, 15) is 14.7 Å². The first-order valence-electron chi connectivity index (χ1n) is 14.0. The van der Waals surface area contributed by atoms with Crippen LogP contribution in [0, 0.1) is 0 Å². The van der Waals surface area contributed by atoms with Crippen molar-refractivity contribution in [2.75, 3.05) is 31.6 Å². The lowest BCUT2D eigenvalue weighted by Gasteiger charge is -2.26. The first-order chi connectivity index (χ1) is 19.9. The molecule has 3 aromatic rings. The molecule has 5 N–H and O–H groups in total. The van der Waals surface area contributed by atoms with Crippen molar-refractivity contribution >= 4 is 29.4 Å². The van der Waals surface area contributed by atoms with E-state index in [0.29, 0.717) is 60.4 Å². The van der Waals surface area contributed by atoms with Gasteiger partial charge in [0.05, 0.1) is 35.1 Å². The van der Waals surface area contributed by atoms with Crippen LogP contribution in [-0.2, 0) is 16.0 Å². The summed E-state index contributed by atoms with van der Waals surface area (Å²) in [7, 11) is 0. The Bertz CT molecular complexity index is 1460. The Labute approximate surface area is 243 Å². The summed E-state index contributed by atoms with van der Waals surface area (Å²) in [6.45, 7) is 1.59. The minimum atomic E-state index is -0.714. The Kier molecular flexibility index (Phi) is 7.90. The van der Waals surface area contributed by atoms with Crippen LogP contribution in [0.25, 0.3) is 11.3 Å². The molecule has 3 aliphatic rings. The molecule has 1 saturated heterocycles. The minimum absolute atomic E-state index is 0.146. The molecule has 1 aromatic heterocycles. The molecule has 1 aliphatic carbocycles. The summed E-state index contributed by atoms with van der Waals surface area (Å²) in [4.78, 5) is 37.4. The number of halogens is 1. The third kappa shape index (κ3) is 5.52. The standard InChI is InChI=1S/C30H33ClN6O4/c31-23-15-33-30(34-19-8-11-41-12-9-19)36-27(23)18-5-6-21-22(13-18)29(40)37(24(21)7-10-32)16-26(39)35-28-20-4-2-1-3-17(20)14-25(28)38/h1-6,13,15,19,24-25,28,38H,7-12,14,16,32H2,(H,35,39)(H,33,34,36)/t24?,25-,28+/m1/s1. The van der Waals surface area contributed by atoms with Crippen molar-refractivity contribution in [1.29, 1.82) is 0 Å². The second kappa shape index (κ2) is 11.7. The van der Waals surface area contributed by atoms with Crippen LogP contribution < -0.4 is 16.4 Å². The monoisotopic (exact) mass is 576 g/mol. The van der Waals surface area contributed by atoms with Gasteiger partial charge in [-0.1, -0.05) is 48.0 Å². The lowest BCUT2D eigenvalue weighted by molar-refractivity contribution is -0.123. The molecule has 0 spiro atoms. The molecular formula is C30H33ClN6O4. The van der Waals surface area contributed by atoms with Crippen molar-refractivity contribution < 1.29 is 19.4 Å². The highest BCUT2D eigenvalue weighted by Crippen LogP contribution is 2.39. The van der Waals surface area contributed by atoms with Gasteiger partial charge in [0, 0.05) is 36.8 Å². The molecule has 1 unspecified atom stereocenters. The highest BCUT2D eigenvalue weighted by molar-refractivity contribution is 6.33. The van der Waals surface area contributed by atoms with Crippen LogP contribution in [0.5, 0.6) is 0 Å². The number of hydrogen-bond donors (Lipinski definition) is 4. The number of fused-ring (bicyclic) bond motifs is 2. The van der Waals surface area contributed by atoms with Gasteiger partial charge in [0.2, 0.25) is 11.9 Å². The van der Waals surface area contributed by atoms with Crippen molar-refractivity contribution in [1.82, 2.24) is 20.2 Å². The SMILES string of the molecule is NCCC1c2ccc(-c3nc(NC4CCOCC4)ncc3Cl)cc2C(=O)N1CC(=O)N[C@H]1c2ccccc2C[C@H]1O. The molecule has 10 nitrogen and oxygen atoms in total. The largest absolute Gasteiger partial charge is 0.390 e. The maximum Gasteiger partial charge on any atom is 0.255 e. The van der Waals surface area contributed by atoms with Gasteiger partial charge in [-0.2, -0.15) is 0 Å². The molecule has 2 amide bonds. The summed E-state index contributed by atoms with van der Waals surface area (Å²) in [5.74, 6) is -0.122. The van der Waals surface area contributed by atoms with Crippen LogP contribution in [-0.4, -0.2) is 70.2 Å². The predicted octanol–water partition coefficient (Wildman–Crippen LogP) is 3.01. The molecule has 11 heteroatoms. The first-order valence-corrected chi connectivity index (χ1v) is 14.4. The average Bonchev–Trinajstić information content (AvgIpc) is 3.43. The number of ether oxygens (including phenoxy) is 1. The molecule has 2 aromatic carbocycles. The topological polar surface area (TPSA) is 143 Å². The predicted molar refractivity (Wildman–Crippen MR) is 154 cm³/mol. The molecule has 1 fully saturated rings. The second-order valence-corrected chi connectivity index (χ2v) is 11.2. The highest BCUT2D eigenvalue weighted by atomic mass is 35.5. The highest BCUT2D eigenvalue weighted by Gasteiger charge is 2.39. The van der Waals surface area contributed by atoms with Crippen molar-refractivity contribution in [2.45, 2.75) is 49.9 Å². The van der Waals surface area contributed by atoms with Crippen molar-refractivity contribution in [3.63, 3.8) is 0 Å². The summed E-state index contributed by atoms with van der Waals surface area (Å²) in [6.07, 6.45) is 3.57. The van der Waals surface area contributed by atoms with Gasteiger partial charge in [-0.3, -0.25) is 9.59 Å². The van der Waals surface area contributed by atoms with Crippen LogP contribution in [0.2, 0.25) is 5.02 Å². The Morgan fingerprint density at radius 1 is 1.17 bits per heavy atom. The number of amides is 2. The van der Waals surface area contributed by atoms with Crippen molar-refractivity contribution in [3.8, 4) is 11.3 Å². The number of nitrogens with one attached hydrogen (secondary N) is 2. The quantitative estimate of drug-likeness (QED) is 0.320. The molecule has 0 bridgehead atoms. The molecule has 6 rings (SSSR count). The zero-order valence-corrected chi connectivity index (χ0v) is 23.3. The number of hydrogen-bond acceptors (Lipinski definition) is 8. The lowest BCUT2D eigenvalue weighted by atomic mass is 9.98. The van der Waals surface area contributed by atoms with Gasteiger partial charge in [-0.25, -0.2) is 9.97 Å². The van der Waals surface area contributed by atoms with Crippen LogP contribution in [0.3, 0.4) is 0 Å². The zero-order chi connectivity index (χ0) is 28.5. The number of benzene rings is 2. The summed E-state index contributed by atoms with van der Waals surface area (Å²) in [5, 5.41) is 17.3. The molecular weight excluding hydrogens is 544 g/mol. The number of nitrogens with two attached hydrogens (primary N) is 1. The molecule has 2 aliphatic heterocycles. The summed E-state index contributed by atoms with van der Waals surface area (Å²) in [5.41, 5.74) is 10.3. The Morgan fingerprint density at radius 2 is 1.98 bits per heavy atom. The maximum atomic E-state index is 13.7. The minimum Gasteiger partial charge on any atom is -0.390 e. The number of anilines is 1. The number of carbonyl (C=O) groups is 2. The molecule has 3 atom stereocenters. The maximum absolute atomic E-state index is 13.7. The fourth-order valence-electron chi connectivity index (χ4n) is 6.08. The summed E-state index contributed by atoms with van der Waals surface area (Å²) >= 11 is 6.51. The fraction of sp³-hybridized carbons (Fsp3) is 0.400. The number of nitrogens with zero attached hydrogens (tertiary/aromatic N) is 3. The van der Waals surface area contributed by atoms with Gasteiger partial charge >= 0.3 is 0 Å². The molecule has 3 heterocycles. The van der Waals surface area contributed by atoms with Gasteiger partial charge in [-0.15, -0.1) is 0 Å². The zero-order valence-electron chi connectivity index (χ0n) is 22.6. The Balaban J connectivity index is 1.22. The van der Waals surface area contributed by atoms with Crippen LogP contribution in [0.15, 0.2) is 48.7 Å².